The Labute approximate surface area is 135 Å². The molecule has 1 heterocycles. The average Bonchev–Trinajstić information content (AvgIpc) is 2.93. The van der Waals surface area contributed by atoms with E-state index in [1.54, 1.807) is 6.07 Å². The van der Waals surface area contributed by atoms with Gasteiger partial charge in [0.25, 0.3) is 0 Å². The quantitative estimate of drug-likeness (QED) is 0.706. The van der Waals surface area contributed by atoms with E-state index < -0.39 is 0 Å². The van der Waals surface area contributed by atoms with Crippen molar-refractivity contribution in [1.82, 2.24) is 0 Å². The number of fused-ring (bicyclic) bond motifs is 2. The molecular weight excluding hydrogens is 287 g/mol. The zero-order chi connectivity index (χ0) is 15.9. The molecule has 0 amide bonds. The standard InChI is InChI=1S/C20H17FN2/c21-17-9-14(12-22)8-16(10-17)15-4-5-19-18(11-15)20(13-23-19)6-2-1-3-7-20/h4-5,8-11,13H,1-3,6-7H2. The van der Waals surface area contributed by atoms with Crippen LogP contribution >= 0.6 is 0 Å². The molecule has 0 bridgehead atoms. The SMILES string of the molecule is N#Cc1cc(F)cc(-c2ccc3c(c2)C2(C=N3)CCCCC2)c1. The highest BCUT2D eigenvalue weighted by molar-refractivity contribution is 5.87. The van der Waals surface area contributed by atoms with Crippen LogP contribution < -0.4 is 0 Å². The highest BCUT2D eigenvalue weighted by atomic mass is 19.1. The summed E-state index contributed by atoms with van der Waals surface area (Å²) in [4.78, 5) is 4.61. The number of benzene rings is 2. The van der Waals surface area contributed by atoms with E-state index in [4.69, 9.17) is 5.26 Å². The molecule has 1 aliphatic heterocycles. The largest absolute Gasteiger partial charge is 0.260 e. The maximum atomic E-state index is 13.7. The van der Waals surface area contributed by atoms with Gasteiger partial charge in [0.1, 0.15) is 5.82 Å². The zero-order valence-electron chi connectivity index (χ0n) is 12.8. The summed E-state index contributed by atoms with van der Waals surface area (Å²) in [6, 6.07) is 12.6. The molecule has 0 aromatic heterocycles. The Kier molecular flexibility index (Phi) is 3.27. The van der Waals surface area contributed by atoms with Gasteiger partial charge in [-0.2, -0.15) is 5.26 Å². The smallest absolute Gasteiger partial charge is 0.125 e. The van der Waals surface area contributed by atoms with Gasteiger partial charge in [0.05, 0.1) is 17.3 Å². The van der Waals surface area contributed by atoms with Crippen molar-refractivity contribution >= 4 is 11.9 Å². The molecule has 2 nitrogen and oxygen atoms in total. The van der Waals surface area contributed by atoms with Crippen LogP contribution in [0, 0.1) is 17.1 Å². The van der Waals surface area contributed by atoms with Gasteiger partial charge in [-0.15, -0.1) is 0 Å². The minimum atomic E-state index is -0.372. The first kappa shape index (κ1) is 14.1. The van der Waals surface area contributed by atoms with Gasteiger partial charge in [0.15, 0.2) is 0 Å². The van der Waals surface area contributed by atoms with Gasteiger partial charge in [0, 0.05) is 11.6 Å². The minimum Gasteiger partial charge on any atom is -0.260 e. The Hall–Kier alpha value is -2.47. The second-order valence-electron chi connectivity index (χ2n) is 6.55. The summed E-state index contributed by atoms with van der Waals surface area (Å²) in [6.45, 7) is 0. The predicted octanol–water partition coefficient (Wildman–Crippen LogP) is 5.28. The van der Waals surface area contributed by atoms with Crippen LogP contribution in [0.2, 0.25) is 0 Å². The molecule has 2 aliphatic rings. The van der Waals surface area contributed by atoms with Crippen molar-refractivity contribution in [2.75, 3.05) is 0 Å². The van der Waals surface area contributed by atoms with E-state index in [1.165, 1.54) is 37.0 Å². The first-order chi connectivity index (χ1) is 11.2. The van der Waals surface area contributed by atoms with Crippen molar-refractivity contribution in [1.29, 1.82) is 5.26 Å². The molecule has 3 heteroatoms. The van der Waals surface area contributed by atoms with E-state index in [2.05, 4.69) is 17.3 Å². The van der Waals surface area contributed by atoms with Crippen molar-refractivity contribution in [3.63, 3.8) is 0 Å². The lowest BCUT2D eigenvalue weighted by atomic mass is 9.70. The summed E-state index contributed by atoms with van der Waals surface area (Å²) in [5, 5.41) is 9.05. The normalized spacial score (nSPS) is 17.9. The highest BCUT2D eigenvalue weighted by Gasteiger charge is 2.37. The first-order valence-electron chi connectivity index (χ1n) is 8.11. The summed E-state index contributed by atoms with van der Waals surface area (Å²) in [7, 11) is 0. The molecule has 2 aromatic carbocycles. The monoisotopic (exact) mass is 304 g/mol. The third-order valence-electron chi connectivity index (χ3n) is 5.09. The van der Waals surface area contributed by atoms with Gasteiger partial charge < -0.3 is 0 Å². The maximum Gasteiger partial charge on any atom is 0.125 e. The Morgan fingerprint density at radius 3 is 2.61 bits per heavy atom. The lowest BCUT2D eigenvalue weighted by Gasteiger charge is -2.32. The molecule has 1 aliphatic carbocycles. The number of nitrogens with zero attached hydrogens (tertiary/aromatic N) is 2. The van der Waals surface area contributed by atoms with Gasteiger partial charge in [-0.3, -0.25) is 4.99 Å². The molecule has 1 spiro atoms. The van der Waals surface area contributed by atoms with Crippen molar-refractivity contribution in [2.24, 2.45) is 4.99 Å². The van der Waals surface area contributed by atoms with Crippen molar-refractivity contribution < 1.29 is 4.39 Å². The number of halogens is 1. The summed E-state index contributed by atoms with van der Waals surface area (Å²) >= 11 is 0. The molecule has 0 radical (unpaired) electrons. The Morgan fingerprint density at radius 1 is 1.00 bits per heavy atom. The number of rotatable bonds is 1. The number of aliphatic imine (C=N–C) groups is 1. The van der Waals surface area contributed by atoms with Gasteiger partial charge in [-0.1, -0.05) is 25.3 Å². The summed E-state index contributed by atoms with van der Waals surface area (Å²) in [6.07, 6.45) is 8.15. The average molecular weight is 304 g/mol. The molecule has 1 saturated carbocycles. The fourth-order valence-corrected chi connectivity index (χ4v) is 3.89. The van der Waals surface area contributed by atoms with Crippen molar-refractivity contribution in [2.45, 2.75) is 37.5 Å². The first-order valence-corrected chi connectivity index (χ1v) is 8.11. The highest BCUT2D eigenvalue weighted by Crippen LogP contribution is 2.47. The molecule has 2 aromatic rings. The molecule has 1 fully saturated rings. The van der Waals surface area contributed by atoms with Crippen LogP contribution in [0.4, 0.5) is 10.1 Å². The van der Waals surface area contributed by atoms with E-state index in [0.717, 1.165) is 29.7 Å². The third kappa shape index (κ3) is 2.35. The molecule has 114 valence electrons. The van der Waals surface area contributed by atoms with E-state index in [9.17, 15) is 4.39 Å². The molecular formula is C20H17FN2. The Morgan fingerprint density at radius 2 is 1.83 bits per heavy atom. The molecule has 0 unspecified atom stereocenters. The number of hydrogen-bond donors (Lipinski definition) is 0. The van der Waals surface area contributed by atoms with E-state index in [1.807, 2.05) is 18.2 Å². The van der Waals surface area contributed by atoms with Gasteiger partial charge in [-0.05, 0) is 59.9 Å². The van der Waals surface area contributed by atoms with E-state index in [-0.39, 0.29) is 11.2 Å². The van der Waals surface area contributed by atoms with Crippen LogP contribution in [0.3, 0.4) is 0 Å². The maximum absolute atomic E-state index is 13.7. The fourth-order valence-electron chi connectivity index (χ4n) is 3.89. The topological polar surface area (TPSA) is 36.1 Å². The molecule has 0 saturated heterocycles. The molecule has 23 heavy (non-hydrogen) atoms. The van der Waals surface area contributed by atoms with Crippen LogP contribution in [0.5, 0.6) is 0 Å². The fraction of sp³-hybridized carbons (Fsp3) is 0.300. The van der Waals surface area contributed by atoms with Crippen LogP contribution in [-0.2, 0) is 5.41 Å². The van der Waals surface area contributed by atoms with Crippen LogP contribution in [0.1, 0.15) is 43.2 Å². The second kappa shape index (κ2) is 5.31. The lowest BCUT2D eigenvalue weighted by Crippen LogP contribution is -2.28. The number of nitriles is 1. The lowest BCUT2D eigenvalue weighted by molar-refractivity contribution is 0.391. The van der Waals surface area contributed by atoms with Crippen molar-refractivity contribution in [3.05, 3.63) is 53.3 Å². The molecule has 0 N–H and O–H groups in total. The molecule has 0 atom stereocenters. The van der Waals surface area contributed by atoms with Crippen LogP contribution in [0.15, 0.2) is 41.4 Å². The Balaban J connectivity index is 1.81. The summed E-state index contributed by atoms with van der Waals surface area (Å²) in [5.74, 6) is -0.372. The van der Waals surface area contributed by atoms with E-state index >= 15 is 0 Å². The van der Waals surface area contributed by atoms with Gasteiger partial charge in [0.2, 0.25) is 0 Å². The van der Waals surface area contributed by atoms with Gasteiger partial charge in [-0.25, -0.2) is 4.39 Å². The third-order valence-corrected chi connectivity index (χ3v) is 5.09. The van der Waals surface area contributed by atoms with E-state index in [0.29, 0.717) is 5.56 Å². The van der Waals surface area contributed by atoms with Gasteiger partial charge >= 0.3 is 0 Å². The van der Waals surface area contributed by atoms with Crippen molar-refractivity contribution in [3.8, 4) is 17.2 Å². The summed E-state index contributed by atoms with van der Waals surface area (Å²) < 4.78 is 13.7. The van der Waals surface area contributed by atoms with Crippen LogP contribution in [0.25, 0.3) is 11.1 Å². The molecule has 4 rings (SSSR count). The zero-order valence-corrected chi connectivity index (χ0v) is 12.8. The van der Waals surface area contributed by atoms with Crippen LogP contribution in [-0.4, -0.2) is 6.21 Å². The Bertz CT molecular complexity index is 839. The second-order valence-corrected chi connectivity index (χ2v) is 6.55. The predicted molar refractivity (Wildman–Crippen MR) is 89.5 cm³/mol. The summed E-state index contributed by atoms with van der Waals surface area (Å²) in [5.41, 5.74) is 4.42. The minimum absolute atomic E-state index is 0.0645. The number of hydrogen-bond acceptors (Lipinski definition) is 2.